The van der Waals surface area contributed by atoms with Crippen molar-refractivity contribution in [3.63, 3.8) is 0 Å². The SMILES string of the molecule is COCCO[C@H]1Cc2ccccc2[C@@H]1NC(=O)Nc1c(C)c(-c2cnn(C)c2)nn1-c1ccccc1. The number of nitrogens with zero attached hydrogens (tertiary/aromatic N) is 4. The van der Waals surface area contributed by atoms with E-state index in [2.05, 4.69) is 21.8 Å². The fourth-order valence-corrected chi connectivity index (χ4v) is 4.67. The molecule has 5 rings (SSSR count). The number of hydrogen-bond acceptors (Lipinski definition) is 5. The van der Waals surface area contributed by atoms with Crippen molar-refractivity contribution < 1.29 is 14.3 Å². The van der Waals surface area contributed by atoms with E-state index in [1.54, 1.807) is 22.7 Å². The lowest BCUT2D eigenvalue weighted by molar-refractivity contribution is 0.00643. The maximum Gasteiger partial charge on any atom is 0.320 e. The molecule has 0 spiro atoms. The molecule has 2 N–H and O–H groups in total. The highest BCUT2D eigenvalue weighted by Crippen LogP contribution is 2.34. The number of urea groups is 1. The Balaban J connectivity index is 1.43. The highest BCUT2D eigenvalue weighted by atomic mass is 16.5. The van der Waals surface area contributed by atoms with Gasteiger partial charge in [0.25, 0.3) is 0 Å². The van der Waals surface area contributed by atoms with Gasteiger partial charge in [0.05, 0.1) is 37.2 Å². The summed E-state index contributed by atoms with van der Waals surface area (Å²) in [6.07, 6.45) is 4.24. The van der Waals surface area contributed by atoms with Crippen LogP contribution in [0.4, 0.5) is 10.6 Å². The summed E-state index contributed by atoms with van der Waals surface area (Å²) in [7, 11) is 3.51. The van der Waals surface area contributed by atoms with Crippen LogP contribution in [-0.2, 0) is 22.9 Å². The summed E-state index contributed by atoms with van der Waals surface area (Å²) in [6.45, 7) is 2.91. The van der Waals surface area contributed by atoms with Gasteiger partial charge in [-0.3, -0.25) is 10.00 Å². The molecule has 0 bridgehead atoms. The summed E-state index contributed by atoms with van der Waals surface area (Å²) in [6, 6.07) is 17.3. The van der Waals surface area contributed by atoms with Gasteiger partial charge in [-0.2, -0.15) is 10.2 Å². The van der Waals surface area contributed by atoms with E-state index in [4.69, 9.17) is 14.6 Å². The van der Waals surface area contributed by atoms with Crippen LogP contribution < -0.4 is 10.6 Å². The number of anilines is 1. The van der Waals surface area contributed by atoms with Gasteiger partial charge in [0.1, 0.15) is 11.5 Å². The molecule has 36 heavy (non-hydrogen) atoms. The largest absolute Gasteiger partial charge is 0.382 e. The molecule has 9 nitrogen and oxygen atoms in total. The Morgan fingerprint density at radius 1 is 1.11 bits per heavy atom. The van der Waals surface area contributed by atoms with Gasteiger partial charge in [-0.05, 0) is 30.2 Å². The quantitative estimate of drug-likeness (QED) is 0.367. The second-order valence-electron chi connectivity index (χ2n) is 8.85. The van der Waals surface area contributed by atoms with Crippen molar-refractivity contribution in [2.75, 3.05) is 25.6 Å². The van der Waals surface area contributed by atoms with E-state index < -0.39 is 0 Å². The van der Waals surface area contributed by atoms with Gasteiger partial charge in [-0.1, -0.05) is 42.5 Å². The molecule has 2 aromatic heterocycles. The zero-order valence-corrected chi connectivity index (χ0v) is 20.6. The van der Waals surface area contributed by atoms with Crippen molar-refractivity contribution in [2.24, 2.45) is 7.05 Å². The van der Waals surface area contributed by atoms with Gasteiger partial charge >= 0.3 is 6.03 Å². The molecule has 9 heteroatoms. The molecule has 2 aromatic carbocycles. The van der Waals surface area contributed by atoms with Gasteiger partial charge in [0.15, 0.2) is 0 Å². The first kappa shape index (κ1) is 23.8. The lowest BCUT2D eigenvalue weighted by Gasteiger charge is -2.23. The maximum absolute atomic E-state index is 13.4. The highest BCUT2D eigenvalue weighted by Gasteiger charge is 2.34. The van der Waals surface area contributed by atoms with Gasteiger partial charge in [-0.25, -0.2) is 9.48 Å². The van der Waals surface area contributed by atoms with Crippen LogP contribution in [0, 0.1) is 6.92 Å². The van der Waals surface area contributed by atoms with Crippen molar-refractivity contribution in [3.05, 3.63) is 83.7 Å². The predicted octanol–water partition coefficient (Wildman–Crippen LogP) is 4.03. The first-order valence-electron chi connectivity index (χ1n) is 11.9. The molecule has 4 aromatic rings. The Bertz CT molecular complexity index is 1350. The molecule has 1 aliphatic rings. The minimum Gasteiger partial charge on any atom is -0.382 e. The van der Waals surface area contributed by atoms with Crippen molar-refractivity contribution in [1.29, 1.82) is 0 Å². The van der Waals surface area contributed by atoms with E-state index in [0.717, 1.165) is 34.5 Å². The number of benzene rings is 2. The second-order valence-corrected chi connectivity index (χ2v) is 8.85. The van der Waals surface area contributed by atoms with Crippen molar-refractivity contribution in [3.8, 4) is 16.9 Å². The molecule has 2 amide bonds. The highest BCUT2D eigenvalue weighted by molar-refractivity contribution is 5.91. The van der Waals surface area contributed by atoms with Gasteiger partial charge in [-0.15, -0.1) is 0 Å². The number of para-hydroxylation sites is 1. The van der Waals surface area contributed by atoms with E-state index in [1.165, 1.54) is 5.56 Å². The Morgan fingerprint density at radius 3 is 2.64 bits per heavy atom. The van der Waals surface area contributed by atoms with Gasteiger partial charge in [0, 0.05) is 37.9 Å². The molecule has 0 aliphatic heterocycles. The molecule has 186 valence electrons. The zero-order valence-electron chi connectivity index (χ0n) is 20.6. The van der Waals surface area contributed by atoms with Crippen LogP contribution in [0.15, 0.2) is 67.0 Å². The number of ether oxygens (including phenoxy) is 2. The van der Waals surface area contributed by atoms with Crippen LogP contribution in [0.3, 0.4) is 0 Å². The number of methoxy groups -OCH3 is 1. The standard InChI is InChI=1S/C27H30N6O3/c1-18-24(20-16-28-32(2)17-20)31-33(21-10-5-4-6-11-21)26(18)30-27(34)29-25-22-12-8-7-9-19(22)15-23(25)36-14-13-35-3/h4-12,16-17,23,25H,13-15H2,1-3H3,(H2,29,30,34)/t23-,25-/m0/s1. The van der Waals surface area contributed by atoms with Crippen LogP contribution in [0.25, 0.3) is 16.9 Å². The lowest BCUT2D eigenvalue weighted by atomic mass is 10.1. The summed E-state index contributed by atoms with van der Waals surface area (Å²) in [5.74, 6) is 0.598. The molecule has 0 unspecified atom stereocenters. The van der Waals surface area contributed by atoms with Crippen LogP contribution in [0.2, 0.25) is 0 Å². The number of aryl methyl sites for hydroxylation is 1. The third-order valence-electron chi connectivity index (χ3n) is 6.42. The Labute approximate surface area is 210 Å². The topological polar surface area (TPSA) is 95.2 Å². The predicted molar refractivity (Wildman–Crippen MR) is 137 cm³/mol. The number of carbonyl (C=O) groups is 1. The van der Waals surface area contributed by atoms with Crippen molar-refractivity contribution >= 4 is 11.8 Å². The average molecular weight is 487 g/mol. The fraction of sp³-hybridized carbons (Fsp3) is 0.296. The Morgan fingerprint density at radius 2 is 1.89 bits per heavy atom. The number of nitrogens with one attached hydrogen (secondary N) is 2. The van der Waals surface area contributed by atoms with Crippen LogP contribution in [0.1, 0.15) is 22.7 Å². The summed E-state index contributed by atoms with van der Waals surface area (Å²) in [4.78, 5) is 13.4. The number of amides is 2. The van der Waals surface area contributed by atoms with E-state index >= 15 is 0 Å². The monoisotopic (exact) mass is 486 g/mol. The normalized spacial score (nSPS) is 16.6. The minimum absolute atomic E-state index is 0.172. The van der Waals surface area contributed by atoms with Gasteiger partial charge in [0.2, 0.25) is 0 Å². The first-order valence-corrected chi connectivity index (χ1v) is 11.9. The molecular formula is C27H30N6O3. The Hall–Kier alpha value is -3.95. The number of rotatable bonds is 8. The van der Waals surface area contributed by atoms with Gasteiger partial charge < -0.3 is 14.8 Å². The molecular weight excluding hydrogens is 456 g/mol. The molecule has 2 atom stereocenters. The number of hydrogen-bond donors (Lipinski definition) is 2. The van der Waals surface area contributed by atoms with Crippen molar-refractivity contribution in [1.82, 2.24) is 24.9 Å². The minimum atomic E-state index is -0.324. The molecule has 0 fully saturated rings. The molecule has 0 saturated heterocycles. The van der Waals surface area contributed by atoms with E-state index in [9.17, 15) is 4.79 Å². The number of fused-ring (bicyclic) bond motifs is 1. The lowest BCUT2D eigenvalue weighted by Crippen LogP contribution is -2.38. The smallest absolute Gasteiger partial charge is 0.320 e. The zero-order chi connectivity index (χ0) is 25.1. The van der Waals surface area contributed by atoms with E-state index in [-0.39, 0.29) is 18.2 Å². The first-order chi connectivity index (χ1) is 17.5. The van der Waals surface area contributed by atoms with Crippen molar-refractivity contribution in [2.45, 2.75) is 25.5 Å². The van der Waals surface area contributed by atoms with E-state index in [1.807, 2.05) is 68.7 Å². The third-order valence-corrected chi connectivity index (χ3v) is 6.42. The molecule has 2 heterocycles. The average Bonchev–Trinajstić information content (AvgIpc) is 3.56. The number of aromatic nitrogens is 4. The summed E-state index contributed by atoms with van der Waals surface area (Å²) in [5.41, 5.74) is 5.58. The summed E-state index contributed by atoms with van der Waals surface area (Å²) < 4.78 is 14.7. The van der Waals surface area contributed by atoms with E-state index in [0.29, 0.717) is 19.0 Å². The second kappa shape index (κ2) is 10.3. The number of carbonyl (C=O) groups excluding carboxylic acids is 1. The molecule has 0 radical (unpaired) electrons. The fourth-order valence-electron chi connectivity index (χ4n) is 4.67. The van der Waals surface area contributed by atoms with Crippen LogP contribution in [0.5, 0.6) is 0 Å². The van der Waals surface area contributed by atoms with Crippen LogP contribution in [-0.4, -0.2) is 52.0 Å². The Kier molecular flexibility index (Phi) is 6.84. The summed E-state index contributed by atoms with van der Waals surface area (Å²) >= 11 is 0. The van der Waals surface area contributed by atoms with Crippen LogP contribution >= 0.6 is 0 Å². The maximum atomic E-state index is 13.4. The molecule has 1 aliphatic carbocycles. The summed E-state index contributed by atoms with van der Waals surface area (Å²) in [5, 5.41) is 15.3. The molecule has 0 saturated carbocycles. The third kappa shape index (κ3) is 4.75.